The molecule has 0 N–H and O–H groups in total. The fourth-order valence-corrected chi connectivity index (χ4v) is 3.63. The Labute approximate surface area is 150 Å². The maximum absolute atomic E-state index is 12.8. The molecule has 1 fully saturated rings. The van der Waals surface area contributed by atoms with Crippen molar-refractivity contribution in [3.63, 3.8) is 0 Å². The van der Waals surface area contributed by atoms with Gasteiger partial charge >= 0.3 is 0 Å². The van der Waals surface area contributed by atoms with Crippen LogP contribution in [0.4, 0.5) is 0 Å². The van der Waals surface area contributed by atoms with Crippen molar-refractivity contribution in [3.8, 4) is 5.75 Å². The first-order chi connectivity index (χ1) is 11.9. The number of carbonyl (C=O) groups excluding carboxylic acids is 2. The number of ketones is 1. The summed E-state index contributed by atoms with van der Waals surface area (Å²) < 4.78 is 11.2. The number of rotatable bonds is 8. The Morgan fingerprint density at radius 2 is 1.96 bits per heavy atom. The first-order valence-electron chi connectivity index (χ1n) is 9.12. The summed E-state index contributed by atoms with van der Waals surface area (Å²) >= 11 is 0. The van der Waals surface area contributed by atoms with Crippen LogP contribution in [-0.2, 0) is 20.9 Å². The third kappa shape index (κ3) is 4.69. The van der Waals surface area contributed by atoms with Crippen LogP contribution in [0.1, 0.15) is 52.0 Å². The Balaban J connectivity index is 2.05. The molecule has 0 amide bonds. The Kier molecular flexibility index (Phi) is 6.77. The summed E-state index contributed by atoms with van der Waals surface area (Å²) in [5.41, 5.74) is 0.433. The highest BCUT2D eigenvalue weighted by Crippen LogP contribution is 2.43. The minimum atomic E-state index is -0.571. The topological polar surface area (TPSA) is 52.6 Å². The Morgan fingerprint density at radius 3 is 2.48 bits per heavy atom. The number of Topliss-reactive ketones (excluding diaryl/α,β-unsaturated/α-hetero) is 1. The van der Waals surface area contributed by atoms with Gasteiger partial charge in [0.1, 0.15) is 17.8 Å². The average Bonchev–Trinajstić information content (AvgIpc) is 2.61. The van der Waals surface area contributed by atoms with E-state index in [2.05, 4.69) is 13.8 Å². The van der Waals surface area contributed by atoms with Gasteiger partial charge < -0.3 is 14.3 Å². The minimum absolute atomic E-state index is 0.235. The molecule has 25 heavy (non-hydrogen) atoms. The van der Waals surface area contributed by atoms with Crippen LogP contribution in [0.15, 0.2) is 24.3 Å². The quantitative estimate of drug-likeness (QED) is 0.662. The molecule has 138 valence electrons. The van der Waals surface area contributed by atoms with E-state index >= 15 is 0 Å². The van der Waals surface area contributed by atoms with Gasteiger partial charge in [-0.05, 0) is 42.4 Å². The summed E-state index contributed by atoms with van der Waals surface area (Å²) in [6, 6.07) is 7.65. The van der Waals surface area contributed by atoms with E-state index in [0.29, 0.717) is 24.9 Å². The zero-order valence-corrected chi connectivity index (χ0v) is 15.8. The van der Waals surface area contributed by atoms with E-state index in [1.807, 2.05) is 31.2 Å². The van der Waals surface area contributed by atoms with Gasteiger partial charge in [-0.1, -0.05) is 32.9 Å². The van der Waals surface area contributed by atoms with Gasteiger partial charge in [-0.15, -0.1) is 0 Å². The monoisotopic (exact) mass is 346 g/mol. The van der Waals surface area contributed by atoms with Gasteiger partial charge in [-0.25, -0.2) is 0 Å². The third-order valence-electron chi connectivity index (χ3n) is 5.69. The summed E-state index contributed by atoms with van der Waals surface area (Å²) in [6.45, 7) is 6.69. The van der Waals surface area contributed by atoms with Crippen LogP contribution in [0.2, 0.25) is 0 Å². The van der Waals surface area contributed by atoms with Crippen LogP contribution in [-0.4, -0.2) is 25.3 Å². The number of methoxy groups -OCH3 is 1. The summed E-state index contributed by atoms with van der Waals surface area (Å²) in [5, 5.41) is 0. The zero-order valence-electron chi connectivity index (χ0n) is 15.8. The Morgan fingerprint density at radius 1 is 1.28 bits per heavy atom. The standard InChI is InChI=1S/C21H30O4/c1-15(2)17-9-11-21(3,19(23)13-17)20(10-12-22)25-14-16-5-7-18(24-4)8-6-16/h5-8,12,15,17,20H,9-11,13-14H2,1-4H3/t17-,20+,21+/m1/s1. The maximum Gasteiger partial charge on any atom is 0.141 e. The van der Waals surface area contributed by atoms with Crippen molar-refractivity contribution in [2.24, 2.45) is 17.3 Å². The highest BCUT2D eigenvalue weighted by molar-refractivity contribution is 5.86. The summed E-state index contributed by atoms with van der Waals surface area (Å²) in [4.78, 5) is 24.0. The smallest absolute Gasteiger partial charge is 0.141 e. The van der Waals surface area contributed by atoms with Crippen LogP contribution in [0, 0.1) is 17.3 Å². The van der Waals surface area contributed by atoms with E-state index in [1.165, 1.54) is 0 Å². The lowest BCUT2D eigenvalue weighted by Gasteiger charge is -2.41. The van der Waals surface area contributed by atoms with E-state index in [4.69, 9.17) is 9.47 Å². The molecule has 4 nitrogen and oxygen atoms in total. The number of hydrogen-bond acceptors (Lipinski definition) is 4. The predicted molar refractivity (Wildman–Crippen MR) is 97.5 cm³/mol. The molecule has 0 bridgehead atoms. The molecule has 1 aliphatic rings. The molecule has 0 saturated heterocycles. The van der Waals surface area contributed by atoms with Crippen LogP contribution in [0.3, 0.4) is 0 Å². The van der Waals surface area contributed by atoms with Gasteiger partial charge in [0.05, 0.1) is 25.2 Å². The molecule has 0 aromatic heterocycles. The van der Waals surface area contributed by atoms with Gasteiger partial charge in [-0.2, -0.15) is 0 Å². The second-order valence-electron chi connectivity index (χ2n) is 7.64. The number of benzene rings is 1. The molecule has 0 radical (unpaired) electrons. The molecular formula is C21H30O4. The lowest BCUT2D eigenvalue weighted by molar-refractivity contribution is -0.146. The summed E-state index contributed by atoms with van der Waals surface area (Å²) in [7, 11) is 1.63. The van der Waals surface area contributed by atoms with E-state index in [0.717, 1.165) is 30.4 Å². The van der Waals surface area contributed by atoms with Gasteiger partial charge in [0.2, 0.25) is 0 Å². The molecule has 0 heterocycles. The van der Waals surface area contributed by atoms with Crippen LogP contribution < -0.4 is 4.74 Å². The van der Waals surface area contributed by atoms with Crippen molar-refractivity contribution < 1.29 is 19.1 Å². The summed E-state index contributed by atoms with van der Waals surface area (Å²) in [5.74, 6) is 1.98. The normalized spacial score (nSPS) is 25.0. The molecular weight excluding hydrogens is 316 g/mol. The lowest BCUT2D eigenvalue weighted by Crippen LogP contribution is -2.46. The second kappa shape index (κ2) is 8.61. The first-order valence-corrected chi connectivity index (χ1v) is 9.12. The van der Waals surface area contributed by atoms with Crippen molar-refractivity contribution in [3.05, 3.63) is 29.8 Å². The van der Waals surface area contributed by atoms with Crippen LogP contribution in [0.5, 0.6) is 5.75 Å². The molecule has 3 atom stereocenters. The van der Waals surface area contributed by atoms with E-state index in [-0.39, 0.29) is 18.3 Å². The Hall–Kier alpha value is -1.68. The average molecular weight is 346 g/mol. The number of hydrogen-bond donors (Lipinski definition) is 0. The molecule has 0 aliphatic heterocycles. The fourth-order valence-electron chi connectivity index (χ4n) is 3.63. The molecule has 1 aliphatic carbocycles. The van der Waals surface area contributed by atoms with Crippen molar-refractivity contribution in [1.29, 1.82) is 0 Å². The molecule has 1 saturated carbocycles. The predicted octanol–water partition coefficient (Wildman–Crippen LogP) is 4.20. The van der Waals surface area contributed by atoms with E-state index in [9.17, 15) is 9.59 Å². The third-order valence-corrected chi connectivity index (χ3v) is 5.69. The van der Waals surface area contributed by atoms with E-state index < -0.39 is 5.41 Å². The largest absolute Gasteiger partial charge is 0.497 e. The van der Waals surface area contributed by atoms with E-state index in [1.54, 1.807) is 7.11 Å². The Bertz CT molecular complexity index is 578. The van der Waals surface area contributed by atoms with Crippen molar-refractivity contribution in [2.75, 3.05) is 7.11 Å². The van der Waals surface area contributed by atoms with Crippen LogP contribution in [0.25, 0.3) is 0 Å². The van der Waals surface area contributed by atoms with Crippen LogP contribution >= 0.6 is 0 Å². The molecule has 4 heteroatoms. The molecule has 0 unspecified atom stereocenters. The zero-order chi connectivity index (χ0) is 18.4. The van der Waals surface area contributed by atoms with Gasteiger partial charge in [0, 0.05) is 12.8 Å². The maximum atomic E-state index is 12.8. The first kappa shape index (κ1) is 19.6. The van der Waals surface area contributed by atoms with Gasteiger partial charge in [-0.3, -0.25) is 4.79 Å². The molecule has 0 spiro atoms. The van der Waals surface area contributed by atoms with Crippen molar-refractivity contribution in [2.45, 2.75) is 59.2 Å². The molecule has 1 aromatic rings. The highest BCUT2D eigenvalue weighted by atomic mass is 16.5. The fraction of sp³-hybridized carbons (Fsp3) is 0.619. The number of carbonyl (C=O) groups is 2. The second-order valence-corrected chi connectivity index (χ2v) is 7.64. The molecule has 2 rings (SSSR count). The number of ether oxygens (including phenoxy) is 2. The van der Waals surface area contributed by atoms with Gasteiger partial charge in [0.15, 0.2) is 0 Å². The minimum Gasteiger partial charge on any atom is -0.497 e. The van der Waals surface area contributed by atoms with Crippen molar-refractivity contribution >= 4 is 12.1 Å². The lowest BCUT2D eigenvalue weighted by atomic mass is 9.65. The molecule has 1 aromatic carbocycles. The van der Waals surface area contributed by atoms with Gasteiger partial charge in [0.25, 0.3) is 0 Å². The number of aldehydes is 1. The highest BCUT2D eigenvalue weighted by Gasteiger charge is 2.45. The van der Waals surface area contributed by atoms with Crippen molar-refractivity contribution in [1.82, 2.24) is 0 Å². The summed E-state index contributed by atoms with van der Waals surface area (Å²) in [6.07, 6.45) is 3.15. The SMILES string of the molecule is COc1ccc(CO[C@@H](CC=O)[C@@]2(C)CC[C@@H](C(C)C)CC2=O)cc1.